The molecule has 1 N–H and O–H groups in total. The van der Waals surface area contributed by atoms with E-state index in [1.54, 1.807) is 12.1 Å². The number of nitrogens with zero attached hydrogens (tertiary/aromatic N) is 1. The second-order valence-corrected chi connectivity index (χ2v) is 6.75. The zero-order valence-corrected chi connectivity index (χ0v) is 16.2. The molecule has 0 amide bonds. The highest BCUT2D eigenvalue weighted by molar-refractivity contribution is 5.99. The second-order valence-electron chi connectivity index (χ2n) is 6.75. The molecule has 3 aromatic carbocycles. The van der Waals surface area contributed by atoms with Gasteiger partial charge in [-0.2, -0.15) is 0 Å². The Bertz CT molecular complexity index is 1260. The van der Waals surface area contributed by atoms with Crippen molar-refractivity contribution >= 4 is 34.7 Å². The van der Waals surface area contributed by atoms with Crippen LogP contribution in [0.3, 0.4) is 0 Å². The fraction of sp³-hybridized carbons (Fsp3) is 0.0417. The minimum Gasteiger partial charge on any atom is -0.424 e. The summed E-state index contributed by atoms with van der Waals surface area (Å²) in [5, 5.41) is 12.3. The summed E-state index contributed by atoms with van der Waals surface area (Å²) in [6.45, 7) is 1.33. The molecule has 0 bridgehead atoms. The number of carbonyl (C=O) groups excluding carboxylic acids is 1. The van der Waals surface area contributed by atoms with Crippen LogP contribution in [0.15, 0.2) is 72.8 Å². The molecule has 30 heavy (non-hydrogen) atoms. The van der Waals surface area contributed by atoms with Crippen molar-refractivity contribution in [3.8, 4) is 17.0 Å². The molecular formula is C24H18N2O4. The Balaban J connectivity index is 1.92. The van der Waals surface area contributed by atoms with Crippen LogP contribution in [-0.2, 0) is 4.79 Å². The first-order valence-electron chi connectivity index (χ1n) is 9.34. The van der Waals surface area contributed by atoms with Crippen molar-refractivity contribution in [2.45, 2.75) is 6.92 Å². The highest BCUT2D eigenvalue weighted by atomic mass is 16.6. The van der Waals surface area contributed by atoms with Crippen LogP contribution in [0.25, 0.3) is 34.3 Å². The second kappa shape index (κ2) is 8.05. The van der Waals surface area contributed by atoms with E-state index in [4.69, 9.17) is 4.74 Å². The number of ether oxygens (including phenoxy) is 1. The van der Waals surface area contributed by atoms with Crippen molar-refractivity contribution in [2.75, 3.05) is 0 Å². The van der Waals surface area contributed by atoms with Crippen molar-refractivity contribution in [2.24, 2.45) is 0 Å². The molecule has 148 valence electrons. The highest BCUT2D eigenvalue weighted by Gasteiger charge is 2.21. The van der Waals surface area contributed by atoms with Gasteiger partial charge < -0.3 is 9.72 Å². The molecule has 0 unspecified atom stereocenters. The lowest BCUT2D eigenvalue weighted by Gasteiger charge is -2.05. The molecule has 0 aliphatic carbocycles. The van der Waals surface area contributed by atoms with Crippen LogP contribution < -0.4 is 4.74 Å². The van der Waals surface area contributed by atoms with E-state index in [2.05, 4.69) is 4.98 Å². The van der Waals surface area contributed by atoms with Gasteiger partial charge in [-0.15, -0.1) is 0 Å². The van der Waals surface area contributed by atoms with Gasteiger partial charge in [-0.1, -0.05) is 66.7 Å². The number of hydrogen-bond acceptors (Lipinski definition) is 4. The maximum atomic E-state index is 11.8. The predicted octanol–water partition coefficient (Wildman–Crippen LogP) is 5.84. The van der Waals surface area contributed by atoms with Gasteiger partial charge in [-0.3, -0.25) is 14.9 Å². The van der Waals surface area contributed by atoms with Gasteiger partial charge in [0.2, 0.25) is 0 Å². The first-order chi connectivity index (χ1) is 14.5. The molecule has 1 heterocycles. The number of benzene rings is 3. The van der Waals surface area contributed by atoms with Crippen LogP contribution in [0.5, 0.6) is 5.75 Å². The van der Waals surface area contributed by atoms with Crippen molar-refractivity contribution in [1.82, 2.24) is 4.98 Å². The zero-order chi connectivity index (χ0) is 21.1. The Morgan fingerprint density at radius 3 is 2.30 bits per heavy atom. The molecule has 1 aromatic heterocycles. The molecule has 0 atom stereocenters. The molecular weight excluding hydrogens is 380 g/mol. The molecule has 0 aliphatic heterocycles. The van der Waals surface area contributed by atoms with E-state index in [-0.39, 0.29) is 5.69 Å². The van der Waals surface area contributed by atoms with E-state index >= 15 is 0 Å². The number of H-pyrrole nitrogens is 1. The summed E-state index contributed by atoms with van der Waals surface area (Å²) < 4.78 is 5.51. The van der Waals surface area contributed by atoms with Crippen molar-refractivity contribution < 1.29 is 14.5 Å². The van der Waals surface area contributed by atoms with E-state index in [0.717, 1.165) is 11.1 Å². The molecule has 0 aliphatic rings. The van der Waals surface area contributed by atoms with Crippen LogP contribution >= 0.6 is 0 Å². The molecule has 0 saturated heterocycles. The van der Waals surface area contributed by atoms with Crippen LogP contribution in [0.1, 0.15) is 18.1 Å². The molecule has 0 saturated carbocycles. The number of aromatic amines is 1. The lowest BCUT2D eigenvalue weighted by atomic mass is 10.1. The van der Waals surface area contributed by atoms with Crippen molar-refractivity contribution in [3.05, 3.63) is 94.0 Å². The Hall–Kier alpha value is -4.19. The Labute approximate surface area is 172 Å². The summed E-state index contributed by atoms with van der Waals surface area (Å²) in [5.41, 5.74) is 3.24. The Morgan fingerprint density at radius 1 is 1.00 bits per heavy atom. The Morgan fingerprint density at radius 2 is 1.67 bits per heavy atom. The summed E-state index contributed by atoms with van der Waals surface area (Å²) in [5.74, 6) is -0.110. The zero-order valence-electron chi connectivity index (χ0n) is 16.2. The van der Waals surface area contributed by atoms with Gasteiger partial charge in [0.15, 0.2) is 5.75 Å². The Kier molecular flexibility index (Phi) is 5.13. The quantitative estimate of drug-likeness (QED) is 0.198. The average Bonchev–Trinajstić information content (AvgIpc) is 3.09. The fourth-order valence-electron chi connectivity index (χ4n) is 3.32. The minimum absolute atomic E-state index is 0.0371. The third-order valence-electron chi connectivity index (χ3n) is 4.66. The highest BCUT2D eigenvalue weighted by Crippen LogP contribution is 2.40. The maximum Gasteiger partial charge on any atom is 0.308 e. The van der Waals surface area contributed by atoms with Gasteiger partial charge in [0.1, 0.15) is 0 Å². The topological polar surface area (TPSA) is 85.2 Å². The van der Waals surface area contributed by atoms with E-state index in [1.165, 1.54) is 13.0 Å². The fourth-order valence-corrected chi connectivity index (χ4v) is 3.32. The van der Waals surface area contributed by atoms with Gasteiger partial charge >= 0.3 is 5.97 Å². The molecule has 0 radical (unpaired) electrons. The summed E-state index contributed by atoms with van der Waals surface area (Å²) in [6, 6.07) is 22.0. The number of nitrogens with one attached hydrogen (secondary N) is 1. The van der Waals surface area contributed by atoms with E-state index in [9.17, 15) is 14.9 Å². The molecule has 0 spiro atoms. The summed E-state index contributed by atoms with van der Waals surface area (Å²) >= 11 is 0. The van der Waals surface area contributed by atoms with Crippen LogP contribution in [0.2, 0.25) is 0 Å². The lowest BCUT2D eigenvalue weighted by molar-refractivity contribution is -0.384. The van der Waals surface area contributed by atoms with E-state index in [1.807, 2.05) is 66.7 Å². The van der Waals surface area contributed by atoms with Gasteiger partial charge in [0.25, 0.3) is 5.69 Å². The third kappa shape index (κ3) is 3.84. The van der Waals surface area contributed by atoms with Crippen LogP contribution in [-0.4, -0.2) is 15.9 Å². The molecule has 0 fully saturated rings. The maximum absolute atomic E-state index is 11.8. The van der Waals surface area contributed by atoms with Crippen LogP contribution in [0, 0.1) is 10.1 Å². The normalized spacial score (nSPS) is 11.1. The number of rotatable bonds is 5. The molecule has 6 heteroatoms. The molecule has 4 rings (SSSR count). The third-order valence-corrected chi connectivity index (χ3v) is 4.66. The number of hydrogen-bond donors (Lipinski definition) is 1. The summed E-state index contributed by atoms with van der Waals surface area (Å²) in [6.07, 6.45) is 3.50. The van der Waals surface area contributed by atoms with Gasteiger partial charge in [0, 0.05) is 23.9 Å². The van der Waals surface area contributed by atoms with Crippen LogP contribution in [0.4, 0.5) is 5.69 Å². The number of esters is 1. The lowest BCUT2D eigenvalue weighted by Crippen LogP contribution is -2.02. The summed E-state index contributed by atoms with van der Waals surface area (Å²) in [4.78, 5) is 26.2. The number of aromatic nitrogens is 1. The molecule has 6 nitrogen and oxygen atoms in total. The standard InChI is InChI=1S/C24H18N2O4/c1-16(27)30-24-20-14-19(13-12-17-8-4-2-5-9-17)22(26(28)29)15-21(20)25-23(24)18-10-6-3-7-11-18/h2-15,25H,1H3. The minimum atomic E-state index is -0.465. The molecule has 4 aromatic rings. The first kappa shape index (κ1) is 19.1. The van der Waals surface area contributed by atoms with E-state index in [0.29, 0.717) is 27.9 Å². The SMILES string of the molecule is CC(=O)Oc1c(-c2ccccc2)[nH]c2cc([N+](=O)[O-])c(C=Cc3ccccc3)cc12. The van der Waals surface area contributed by atoms with Gasteiger partial charge in [0.05, 0.1) is 21.7 Å². The average molecular weight is 398 g/mol. The predicted molar refractivity (Wildman–Crippen MR) is 117 cm³/mol. The smallest absolute Gasteiger partial charge is 0.308 e. The largest absolute Gasteiger partial charge is 0.424 e. The number of nitro benzene ring substituents is 1. The first-order valence-corrected chi connectivity index (χ1v) is 9.34. The van der Waals surface area contributed by atoms with Crippen molar-refractivity contribution in [1.29, 1.82) is 0 Å². The van der Waals surface area contributed by atoms with Gasteiger partial charge in [-0.05, 0) is 17.7 Å². The number of carbonyl (C=O) groups is 1. The van der Waals surface area contributed by atoms with E-state index < -0.39 is 10.9 Å². The monoisotopic (exact) mass is 398 g/mol. The van der Waals surface area contributed by atoms with Gasteiger partial charge in [-0.25, -0.2) is 0 Å². The summed E-state index contributed by atoms with van der Waals surface area (Å²) in [7, 11) is 0. The number of nitro groups is 1. The number of fused-ring (bicyclic) bond motifs is 1. The van der Waals surface area contributed by atoms with Crippen molar-refractivity contribution in [3.63, 3.8) is 0 Å².